The topological polar surface area (TPSA) is 29.1 Å². The molecule has 0 aliphatic rings. The Hall–Kier alpha value is -0.790. The minimum absolute atomic E-state index is 0.114. The number of hydrogen-bond acceptors (Lipinski definition) is 2. The van der Waals surface area contributed by atoms with Crippen LogP contribution in [0.25, 0.3) is 0 Å². The van der Waals surface area contributed by atoms with Gasteiger partial charge in [0.05, 0.1) is 0 Å². The van der Waals surface area contributed by atoms with Crippen LogP contribution in [0.2, 0.25) is 0 Å². The second kappa shape index (κ2) is 9.75. The maximum absolute atomic E-state index is 10.7. The van der Waals surface area contributed by atoms with Gasteiger partial charge < -0.3 is 5.32 Å². The molecule has 15 heavy (non-hydrogen) atoms. The van der Waals surface area contributed by atoms with Gasteiger partial charge in [0.25, 0.3) is 0 Å². The van der Waals surface area contributed by atoms with Crippen LogP contribution >= 0.6 is 0 Å². The molecule has 0 aliphatic heterocycles. The van der Waals surface area contributed by atoms with Crippen LogP contribution in [0.1, 0.15) is 59.3 Å². The molecule has 0 aromatic carbocycles. The highest BCUT2D eigenvalue weighted by atomic mass is 16.1. The number of hydrogen-bond donors (Lipinski definition) is 1. The zero-order valence-corrected chi connectivity index (χ0v) is 10.4. The summed E-state index contributed by atoms with van der Waals surface area (Å²) in [5.41, 5.74) is 0.982. The van der Waals surface area contributed by atoms with E-state index in [4.69, 9.17) is 0 Å². The molecule has 0 aromatic heterocycles. The van der Waals surface area contributed by atoms with Crippen molar-refractivity contribution in [1.82, 2.24) is 5.32 Å². The standard InChI is InChI=1S/C13H25NO/c1-4-5-6-7-8-9-10-14-12(2)11-13(3)15/h11,14H,4-10H2,1-3H3. The quantitative estimate of drug-likeness (QED) is 0.467. The first kappa shape index (κ1) is 14.2. The average Bonchev–Trinajstić information content (AvgIpc) is 2.15. The van der Waals surface area contributed by atoms with Gasteiger partial charge in [0.15, 0.2) is 5.78 Å². The van der Waals surface area contributed by atoms with Crippen molar-refractivity contribution in [3.8, 4) is 0 Å². The van der Waals surface area contributed by atoms with Crippen molar-refractivity contribution in [2.75, 3.05) is 6.54 Å². The molecule has 1 N–H and O–H groups in total. The van der Waals surface area contributed by atoms with E-state index in [1.54, 1.807) is 13.0 Å². The highest BCUT2D eigenvalue weighted by Crippen LogP contribution is 2.04. The van der Waals surface area contributed by atoms with Crippen LogP contribution in [0.5, 0.6) is 0 Å². The highest BCUT2D eigenvalue weighted by molar-refractivity contribution is 5.87. The average molecular weight is 211 g/mol. The predicted octanol–water partition coefficient (Wildman–Crippen LogP) is 3.43. The first-order valence-electron chi connectivity index (χ1n) is 6.09. The lowest BCUT2D eigenvalue weighted by molar-refractivity contribution is -0.112. The molecular weight excluding hydrogens is 186 g/mol. The van der Waals surface area contributed by atoms with Crippen molar-refractivity contribution < 1.29 is 4.79 Å². The fourth-order valence-corrected chi connectivity index (χ4v) is 1.55. The lowest BCUT2D eigenvalue weighted by Gasteiger charge is -2.05. The van der Waals surface area contributed by atoms with Crippen molar-refractivity contribution in [3.63, 3.8) is 0 Å². The van der Waals surface area contributed by atoms with Crippen LogP contribution in [0.4, 0.5) is 0 Å². The van der Waals surface area contributed by atoms with E-state index < -0.39 is 0 Å². The van der Waals surface area contributed by atoms with Gasteiger partial charge in [0, 0.05) is 12.2 Å². The molecule has 0 fully saturated rings. The smallest absolute Gasteiger partial charge is 0.154 e. The van der Waals surface area contributed by atoms with Crippen LogP contribution < -0.4 is 5.32 Å². The SMILES string of the molecule is CCCCCCCCNC(C)=CC(C)=O. The van der Waals surface area contributed by atoms with Crippen molar-refractivity contribution in [3.05, 3.63) is 11.8 Å². The van der Waals surface area contributed by atoms with Gasteiger partial charge in [-0.1, -0.05) is 39.0 Å². The van der Waals surface area contributed by atoms with E-state index in [1.807, 2.05) is 6.92 Å². The largest absolute Gasteiger partial charge is 0.388 e. The number of nitrogens with one attached hydrogen (secondary N) is 1. The van der Waals surface area contributed by atoms with Gasteiger partial charge >= 0.3 is 0 Å². The Kier molecular flexibility index (Phi) is 9.24. The van der Waals surface area contributed by atoms with E-state index in [0.717, 1.165) is 12.2 Å². The molecular formula is C13H25NO. The van der Waals surface area contributed by atoms with Gasteiger partial charge in [0.2, 0.25) is 0 Å². The van der Waals surface area contributed by atoms with Crippen LogP contribution in [0.3, 0.4) is 0 Å². The second-order valence-electron chi connectivity index (χ2n) is 4.13. The molecule has 0 unspecified atom stereocenters. The molecule has 2 nitrogen and oxygen atoms in total. The minimum atomic E-state index is 0.114. The third-order valence-corrected chi connectivity index (χ3v) is 2.35. The fourth-order valence-electron chi connectivity index (χ4n) is 1.55. The third-order valence-electron chi connectivity index (χ3n) is 2.35. The van der Waals surface area contributed by atoms with Gasteiger partial charge in [-0.2, -0.15) is 0 Å². The number of allylic oxidation sites excluding steroid dienone is 2. The molecule has 0 aromatic rings. The zero-order chi connectivity index (χ0) is 11.5. The first-order chi connectivity index (χ1) is 7.16. The Balaban J connectivity index is 3.27. The van der Waals surface area contributed by atoms with E-state index in [1.165, 1.54) is 38.5 Å². The lowest BCUT2D eigenvalue weighted by Crippen LogP contribution is -2.13. The normalized spacial score (nSPS) is 11.5. The van der Waals surface area contributed by atoms with E-state index in [-0.39, 0.29) is 5.78 Å². The molecule has 0 radical (unpaired) electrons. The van der Waals surface area contributed by atoms with E-state index in [9.17, 15) is 4.79 Å². The van der Waals surface area contributed by atoms with Crippen LogP contribution in [0.15, 0.2) is 11.8 Å². The van der Waals surface area contributed by atoms with Gasteiger partial charge in [-0.3, -0.25) is 4.79 Å². The third kappa shape index (κ3) is 11.1. The Labute approximate surface area is 94.1 Å². The number of carbonyl (C=O) groups is 1. The molecule has 0 amide bonds. The number of carbonyl (C=O) groups excluding carboxylic acids is 1. The Morgan fingerprint density at radius 3 is 2.27 bits per heavy atom. The Bertz CT molecular complexity index is 197. The Morgan fingerprint density at radius 1 is 1.07 bits per heavy atom. The molecule has 0 heterocycles. The molecule has 2 heteroatoms. The number of unbranched alkanes of at least 4 members (excludes halogenated alkanes) is 5. The zero-order valence-electron chi connectivity index (χ0n) is 10.4. The Morgan fingerprint density at radius 2 is 1.67 bits per heavy atom. The molecule has 0 aliphatic carbocycles. The molecule has 0 rings (SSSR count). The van der Waals surface area contributed by atoms with Crippen LogP contribution in [0, 0.1) is 0 Å². The van der Waals surface area contributed by atoms with E-state index in [0.29, 0.717) is 0 Å². The summed E-state index contributed by atoms with van der Waals surface area (Å²) in [6.07, 6.45) is 9.50. The maximum Gasteiger partial charge on any atom is 0.154 e. The van der Waals surface area contributed by atoms with E-state index in [2.05, 4.69) is 12.2 Å². The lowest BCUT2D eigenvalue weighted by atomic mass is 10.1. The van der Waals surface area contributed by atoms with Gasteiger partial charge in [-0.05, 0) is 26.3 Å². The summed E-state index contributed by atoms with van der Waals surface area (Å²) in [7, 11) is 0. The summed E-state index contributed by atoms with van der Waals surface area (Å²) in [5, 5.41) is 3.25. The minimum Gasteiger partial charge on any atom is -0.388 e. The van der Waals surface area contributed by atoms with Crippen molar-refractivity contribution in [2.45, 2.75) is 59.3 Å². The summed E-state index contributed by atoms with van der Waals surface area (Å²) in [6.45, 7) is 6.74. The monoisotopic (exact) mass is 211 g/mol. The number of rotatable bonds is 9. The van der Waals surface area contributed by atoms with Crippen molar-refractivity contribution in [2.24, 2.45) is 0 Å². The van der Waals surface area contributed by atoms with Crippen molar-refractivity contribution >= 4 is 5.78 Å². The van der Waals surface area contributed by atoms with Crippen molar-refractivity contribution in [1.29, 1.82) is 0 Å². The van der Waals surface area contributed by atoms with Gasteiger partial charge in [-0.25, -0.2) is 0 Å². The molecule has 0 saturated carbocycles. The second-order valence-corrected chi connectivity index (χ2v) is 4.13. The van der Waals surface area contributed by atoms with Gasteiger partial charge in [0.1, 0.15) is 0 Å². The molecule has 0 spiro atoms. The summed E-state index contributed by atoms with van der Waals surface area (Å²) in [6, 6.07) is 0. The van der Waals surface area contributed by atoms with Crippen LogP contribution in [-0.4, -0.2) is 12.3 Å². The molecule has 88 valence electrons. The van der Waals surface area contributed by atoms with E-state index >= 15 is 0 Å². The van der Waals surface area contributed by atoms with Gasteiger partial charge in [-0.15, -0.1) is 0 Å². The maximum atomic E-state index is 10.7. The summed E-state index contributed by atoms with van der Waals surface area (Å²) < 4.78 is 0. The summed E-state index contributed by atoms with van der Waals surface area (Å²) >= 11 is 0. The molecule has 0 bridgehead atoms. The summed E-state index contributed by atoms with van der Waals surface area (Å²) in [4.78, 5) is 10.7. The predicted molar refractivity (Wildman–Crippen MR) is 65.8 cm³/mol. The number of ketones is 1. The molecule has 0 atom stereocenters. The molecule has 0 saturated heterocycles. The summed E-state index contributed by atoms with van der Waals surface area (Å²) in [5.74, 6) is 0.114. The fraction of sp³-hybridized carbons (Fsp3) is 0.769. The first-order valence-corrected chi connectivity index (χ1v) is 6.09. The highest BCUT2D eigenvalue weighted by Gasteiger charge is 1.92. The van der Waals surface area contributed by atoms with Crippen LogP contribution in [-0.2, 0) is 4.79 Å².